The van der Waals surface area contributed by atoms with E-state index < -0.39 is 4.92 Å². The molecule has 1 aromatic carbocycles. The van der Waals surface area contributed by atoms with Gasteiger partial charge in [-0.3, -0.25) is 14.9 Å². The number of rotatable bonds is 3. The number of aryl methyl sites for hydroxylation is 1. The fourth-order valence-corrected chi connectivity index (χ4v) is 2.42. The molecule has 0 bridgehead atoms. The van der Waals surface area contributed by atoms with Crippen LogP contribution in [0.1, 0.15) is 21.6 Å². The Morgan fingerprint density at radius 3 is 2.52 bits per heavy atom. The smallest absolute Gasteiger partial charge is 0.285 e. The van der Waals surface area contributed by atoms with Gasteiger partial charge in [0.2, 0.25) is 5.78 Å². The average Bonchev–Trinajstić information content (AvgIpc) is 2.82. The Morgan fingerprint density at radius 2 is 1.86 bits per heavy atom. The molecule has 5 heteroatoms. The lowest BCUT2D eigenvalue weighted by Gasteiger charge is -2.04. The summed E-state index contributed by atoms with van der Waals surface area (Å²) in [5.41, 5.74) is 2.54. The predicted molar refractivity (Wildman–Crippen MR) is 78.7 cm³/mol. The number of pyridine rings is 1. The third kappa shape index (κ3) is 2.18. The highest BCUT2D eigenvalue weighted by Crippen LogP contribution is 2.22. The number of hydrogen-bond donors (Lipinski definition) is 0. The first-order valence-corrected chi connectivity index (χ1v) is 6.44. The van der Waals surface area contributed by atoms with Crippen molar-refractivity contribution in [3.05, 3.63) is 81.7 Å². The SMILES string of the molecule is Cc1cc2ccc([N+](=O)[O-])cn2c1C(=O)c1ccccc1. The second-order valence-electron chi connectivity index (χ2n) is 4.81. The number of hydrogen-bond acceptors (Lipinski definition) is 3. The molecule has 0 fully saturated rings. The van der Waals surface area contributed by atoms with E-state index in [0.29, 0.717) is 11.3 Å². The van der Waals surface area contributed by atoms with Gasteiger partial charge in [0, 0.05) is 17.1 Å². The molecule has 0 aliphatic heterocycles. The lowest BCUT2D eigenvalue weighted by molar-refractivity contribution is -0.385. The Balaban J connectivity index is 2.22. The third-order valence-corrected chi connectivity index (χ3v) is 3.41. The molecule has 2 aromatic heterocycles. The lowest BCUT2D eigenvalue weighted by atomic mass is 10.1. The summed E-state index contributed by atoms with van der Waals surface area (Å²) in [6, 6.07) is 13.8. The van der Waals surface area contributed by atoms with E-state index in [0.717, 1.165) is 11.1 Å². The Hall–Kier alpha value is -2.95. The zero-order valence-electron chi connectivity index (χ0n) is 11.3. The van der Waals surface area contributed by atoms with E-state index in [1.165, 1.54) is 12.3 Å². The monoisotopic (exact) mass is 280 g/mol. The van der Waals surface area contributed by atoms with Crippen LogP contribution in [0.25, 0.3) is 5.52 Å². The minimum atomic E-state index is -0.467. The van der Waals surface area contributed by atoms with Gasteiger partial charge in [-0.15, -0.1) is 0 Å². The van der Waals surface area contributed by atoms with Gasteiger partial charge in [0.25, 0.3) is 5.69 Å². The zero-order chi connectivity index (χ0) is 15.0. The second kappa shape index (κ2) is 4.86. The van der Waals surface area contributed by atoms with Crippen LogP contribution < -0.4 is 0 Å². The van der Waals surface area contributed by atoms with Crippen molar-refractivity contribution in [2.24, 2.45) is 0 Å². The molecule has 0 atom stereocenters. The molecule has 21 heavy (non-hydrogen) atoms. The fourth-order valence-electron chi connectivity index (χ4n) is 2.42. The highest BCUT2D eigenvalue weighted by molar-refractivity contribution is 6.09. The maximum Gasteiger partial charge on any atom is 0.285 e. The first-order chi connectivity index (χ1) is 10.1. The number of ketones is 1. The Morgan fingerprint density at radius 1 is 1.14 bits per heavy atom. The van der Waals surface area contributed by atoms with Gasteiger partial charge in [0.05, 0.1) is 16.8 Å². The van der Waals surface area contributed by atoms with E-state index in [2.05, 4.69) is 0 Å². The van der Waals surface area contributed by atoms with Crippen molar-refractivity contribution in [2.75, 3.05) is 0 Å². The topological polar surface area (TPSA) is 64.6 Å². The van der Waals surface area contributed by atoms with Crippen LogP contribution in [0.3, 0.4) is 0 Å². The van der Waals surface area contributed by atoms with Crippen LogP contribution in [0.5, 0.6) is 0 Å². The molecule has 3 rings (SSSR count). The summed E-state index contributed by atoms with van der Waals surface area (Å²) in [6.07, 6.45) is 1.39. The maximum atomic E-state index is 12.6. The van der Waals surface area contributed by atoms with E-state index in [1.54, 1.807) is 34.7 Å². The Kier molecular flexibility index (Phi) is 3.02. The molecular formula is C16H12N2O3. The summed E-state index contributed by atoms with van der Waals surface area (Å²) in [4.78, 5) is 23.1. The normalized spacial score (nSPS) is 10.7. The first-order valence-electron chi connectivity index (χ1n) is 6.44. The quantitative estimate of drug-likeness (QED) is 0.419. The van der Waals surface area contributed by atoms with E-state index in [-0.39, 0.29) is 11.5 Å². The van der Waals surface area contributed by atoms with Crippen molar-refractivity contribution in [3.8, 4) is 0 Å². The van der Waals surface area contributed by atoms with E-state index in [1.807, 2.05) is 19.1 Å². The van der Waals surface area contributed by atoms with Crippen LogP contribution in [0, 0.1) is 17.0 Å². The van der Waals surface area contributed by atoms with Crippen LogP contribution in [-0.4, -0.2) is 15.1 Å². The standard InChI is InChI=1S/C16H12N2O3/c1-11-9-13-7-8-14(18(20)21)10-17(13)15(11)16(19)12-5-3-2-4-6-12/h2-10H,1H3. The van der Waals surface area contributed by atoms with Crippen LogP contribution in [0.15, 0.2) is 54.7 Å². The molecule has 0 N–H and O–H groups in total. The molecule has 0 saturated carbocycles. The largest absolute Gasteiger partial charge is 0.307 e. The summed E-state index contributed by atoms with van der Waals surface area (Å²) in [5.74, 6) is -0.145. The van der Waals surface area contributed by atoms with E-state index >= 15 is 0 Å². The van der Waals surface area contributed by atoms with Crippen LogP contribution >= 0.6 is 0 Å². The molecular weight excluding hydrogens is 268 g/mol. The van der Waals surface area contributed by atoms with Crippen molar-refractivity contribution in [3.63, 3.8) is 0 Å². The second-order valence-corrected chi connectivity index (χ2v) is 4.81. The summed E-state index contributed by atoms with van der Waals surface area (Å²) in [7, 11) is 0. The van der Waals surface area contributed by atoms with Crippen molar-refractivity contribution in [1.82, 2.24) is 4.40 Å². The highest BCUT2D eigenvalue weighted by Gasteiger charge is 2.18. The first kappa shape index (κ1) is 13.1. The summed E-state index contributed by atoms with van der Waals surface area (Å²) >= 11 is 0. The van der Waals surface area contributed by atoms with Crippen LogP contribution in [0.4, 0.5) is 5.69 Å². The van der Waals surface area contributed by atoms with Gasteiger partial charge in [-0.2, -0.15) is 0 Å². The van der Waals surface area contributed by atoms with Gasteiger partial charge in [0.1, 0.15) is 0 Å². The average molecular weight is 280 g/mol. The van der Waals surface area contributed by atoms with E-state index in [9.17, 15) is 14.9 Å². The van der Waals surface area contributed by atoms with Crippen LogP contribution in [0.2, 0.25) is 0 Å². The fraction of sp³-hybridized carbons (Fsp3) is 0.0625. The molecule has 0 spiro atoms. The molecule has 0 saturated heterocycles. The number of carbonyl (C=O) groups excluding carboxylic acids is 1. The number of fused-ring (bicyclic) bond motifs is 1. The Labute approximate surface area is 120 Å². The molecule has 0 amide bonds. The molecule has 0 unspecified atom stereocenters. The number of carbonyl (C=O) groups is 1. The summed E-state index contributed by atoms with van der Waals surface area (Å²) in [5, 5.41) is 10.9. The van der Waals surface area contributed by atoms with E-state index in [4.69, 9.17) is 0 Å². The summed E-state index contributed by atoms with van der Waals surface area (Å²) < 4.78 is 1.59. The van der Waals surface area contributed by atoms with Gasteiger partial charge in [-0.25, -0.2) is 0 Å². The van der Waals surface area contributed by atoms with Gasteiger partial charge in [-0.05, 0) is 24.6 Å². The zero-order valence-corrected chi connectivity index (χ0v) is 11.3. The van der Waals surface area contributed by atoms with Gasteiger partial charge < -0.3 is 4.40 Å². The third-order valence-electron chi connectivity index (χ3n) is 3.41. The maximum absolute atomic E-state index is 12.6. The minimum absolute atomic E-state index is 0.0415. The molecule has 0 radical (unpaired) electrons. The molecule has 104 valence electrons. The molecule has 5 nitrogen and oxygen atoms in total. The van der Waals surface area contributed by atoms with Crippen LogP contribution in [-0.2, 0) is 0 Å². The lowest BCUT2D eigenvalue weighted by Crippen LogP contribution is -2.07. The number of aromatic nitrogens is 1. The molecule has 2 heterocycles. The van der Waals surface area contributed by atoms with Gasteiger partial charge >= 0.3 is 0 Å². The van der Waals surface area contributed by atoms with Crippen molar-refractivity contribution in [2.45, 2.75) is 6.92 Å². The van der Waals surface area contributed by atoms with Crippen molar-refractivity contribution < 1.29 is 9.72 Å². The van der Waals surface area contributed by atoms with Crippen molar-refractivity contribution in [1.29, 1.82) is 0 Å². The molecule has 0 aliphatic carbocycles. The van der Waals surface area contributed by atoms with Gasteiger partial charge in [-0.1, -0.05) is 30.3 Å². The minimum Gasteiger partial charge on any atom is -0.307 e. The number of nitrogens with zero attached hydrogens (tertiary/aromatic N) is 2. The Bertz CT molecular complexity index is 851. The van der Waals surface area contributed by atoms with Crippen molar-refractivity contribution >= 4 is 17.0 Å². The molecule has 0 aliphatic rings. The molecule has 3 aromatic rings. The number of nitro groups is 1. The van der Waals surface area contributed by atoms with Gasteiger partial charge in [0.15, 0.2) is 0 Å². The predicted octanol–water partition coefficient (Wildman–Crippen LogP) is 3.39. The summed E-state index contributed by atoms with van der Waals surface area (Å²) in [6.45, 7) is 1.83. The highest BCUT2D eigenvalue weighted by atomic mass is 16.6. The number of benzene rings is 1.